The van der Waals surface area contributed by atoms with Gasteiger partial charge < -0.3 is 10.6 Å². The van der Waals surface area contributed by atoms with Crippen molar-refractivity contribution in [2.75, 3.05) is 5.32 Å². The Morgan fingerprint density at radius 1 is 1.13 bits per heavy atom. The Hall–Kier alpha value is -3.48. The largest absolute Gasteiger partial charge is 0.353 e. The van der Waals surface area contributed by atoms with Crippen LogP contribution < -0.4 is 10.6 Å². The third-order valence-corrected chi connectivity index (χ3v) is 6.26. The first-order valence-corrected chi connectivity index (χ1v) is 10.8. The van der Waals surface area contributed by atoms with Crippen molar-refractivity contribution in [3.05, 3.63) is 54.2 Å². The van der Waals surface area contributed by atoms with Gasteiger partial charge in [-0.25, -0.2) is 4.68 Å². The van der Waals surface area contributed by atoms with Gasteiger partial charge in [-0.2, -0.15) is 0 Å². The number of nitrogens with one attached hydrogen (secondary N) is 2. The first kappa shape index (κ1) is 19.5. The van der Waals surface area contributed by atoms with Crippen LogP contribution in [-0.4, -0.2) is 32.9 Å². The minimum absolute atomic E-state index is 0.0478. The summed E-state index contributed by atoms with van der Waals surface area (Å²) in [7, 11) is 0. The summed E-state index contributed by atoms with van der Waals surface area (Å²) in [6, 6.07) is 14.9. The molecule has 2 aliphatic rings. The number of anilines is 1. The molecular formula is C24H25N5O2. The molecule has 31 heavy (non-hydrogen) atoms. The van der Waals surface area contributed by atoms with Crippen molar-refractivity contribution in [1.29, 1.82) is 0 Å². The Morgan fingerprint density at radius 2 is 1.90 bits per heavy atom. The van der Waals surface area contributed by atoms with Crippen LogP contribution in [0.2, 0.25) is 0 Å². The molecule has 2 aromatic carbocycles. The molecular weight excluding hydrogens is 390 g/mol. The molecule has 0 unspecified atom stereocenters. The third-order valence-electron chi connectivity index (χ3n) is 6.26. The normalized spacial score (nSPS) is 19.8. The molecule has 3 aromatic rings. The number of fused-ring (bicyclic) bond motifs is 1. The average Bonchev–Trinajstić information content (AvgIpc) is 3.51. The van der Waals surface area contributed by atoms with Crippen molar-refractivity contribution in [2.45, 2.75) is 51.1 Å². The molecule has 0 radical (unpaired) electrons. The molecule has 1 saturated carbocycles. The van der Waals surface area contributed by atoms with Crippen molar-refractivity contribution in [1.82, 2.24) is 20.3 Å². The summed E-state index contributed by atoms with van der Waals surface area (Å²) in [4.78, 5) is 23.3. The van der Waals surface area contributed by atoms with Crippen molar-refractivity contribution >= 4 is 17.5 Å². The third kappa shape index (κ3) is 3.83. The van der Waals surface area contributed by atoms with Gasteiger partial charge in [0.05, 0.1) is 24.4 Å². The zero-order chi connectivity index (χ0) is 21.4. The second-order valence-corrected chi connectivity index (χ2v) is 8.32. The van der Waals surface area contributed by atoms with Gasteiger partial charge in [-0.05, 0) is 48.1 Å². The molecule has 2 atom stereocenters. The fraction of sp³-hybridized carbons (Fsp3) is 0.333. The van der Waals surface area contributed by atoms with Crippen molar-refractivity contribution in [3.63, 3.8) is 0 Å². The zero-order valence-corrected chi connectivity index (χ0v) is 17.5. The van der Waals surface area contributed by atoms with E-state index in [2.05, 4.69) is 51.3 Å². The number of hydrogen-bond donors (Lipinski definition) is 2. The summed E-state index contributed by atoms with van der Waals surface area (Å²) < 4.78 is 2.00. The van der Waals surface area contributed by atoms with Crippen molar-refractivity contribution in [2.24, 2.45) is 0 Å². The fourth-order valence-corrected chi connectivity index (χ4v) is 4.60. The molecule has 0 spiro atoms. The summed E-state index contributed by atoms with van der Waals surface area (Å²) in [5.41, 5.74) is 6.20. The number of benzene rings is 2. The Morgan fingerprint density at radius 3 is 2.71 bits per heavy atom. The lowest BCUT2D eigenvalue weighted by atomic mass is 10.00. The molecule has 158 valence electrons. The molecule has 7 heteroatoms. The van der Waals surface area contributed by atoms with Crippen LogP contribution in [0.25, 0.3) is 22.4 Å². The molecule has 2 N–H and O–H groups in total. The second kappa shape index (κ2) is 7.98. The summed E-state index contributed by atoms with van der Waals surface area (Å²) in [5, 5.41) is 14.5. The molecule has 0 saturated heterocycles. The van der Waals surface area contributed by atoms with E-state index in [4.69, 9.17) is 0 Å². The summed E-state index contributed by atoms with van der Waals surface area (Å²) in [6.45, 7) is 1.88. The Balaban J connectivity index is 1.34. The minimum atomic E-state index is 0.0478. The molecule has 0 bridgehead atoms. The molecule has 1 aliphatic carbocycles. The number of rotatable bonds is 5. The van der Waals surface area contributed by atoms with Crippen LogP contribution in [0.15, 0.2) is 48.7 Å². The van der Waals surface area contributed by atoms with E-state index in [1.165, 1.54) is 0 Å². The molecule has 2 heterocycles. The lowest BCUT2D eigenvalue weighted by Gasteiger charge is -2.15. The van der Waals surface area contributed by atoms with Gasteiger partial charge in [0.2, 0.25) is 11.8 Å². The van der Waals surface area contributed by atoms with Gasteiger partial charge in [0.1, 0.15) is 0 Å². The fourth-order valence-electron chi connectivity index (χ4n) is 4.60. The smallest absolute Gasteiger partial charge is 0.228 e. The van der Waals surface area contributed by atoms with Crippen LogP contribution in [0.4, 0.5) is 5.69 Å². The molecule has 2 amide bonds. The lowest BCUT2D eigenvalue weighted by Crippen LogP contribution is -2.32. The summed E-state index contributed by atoms with van der Waals surface area (Å²) in [5.74, 6) is 0.151. The van der Waals surface area contributed by atoms with E-state index >= 15 is 0 Å². The van der Waals surface area contributed by atoms with Crippen LogP contribution in [0, 0.1) is 0 Å². The SMILES string of the molecule is CCC(=O)N[C@H]1CC[C@@H](n2nncc2-c2ccc(-c3ccc4c(c3)CC(=O)N4)cc2)C1. The van der Waals surface area contributed by atoms with Crippen LogP contribution in [0.5, 0.6) is 0 Å². The zero-order valence-electron chi connectivity index (χ0n) is 17.5. The van der Waals surface area contributed by atoms with E-state index in [0.717, 1.165) is 52.9 Å². The monoisotopic (exact) mass is 415 g/mol. The maximum absolute atomic E-state index is 11.7. The van der Waals surface area contributed by atoms with Gasteiger partial charge in [0, 0.05) is 23.7 Å². The predicted molar refractivity (Wildman–Crippen MR) is 118 cm³/mol. The van der Waals surface area contributed by atoms with Gasteiger partial charge in [-0.1, -0.05) is 42.5 Å². The van der Waals surface area contributed by atoms with Crippen LogP contribution in [0.1, 0.15) is 44.2 Å². The van der Waals surface area contributed by atoms with E-state index in [1.54, 1.807) is 6.20 Å². The first-order chi connectivity index (χ1) is 15.1. The van der Waals surface area contributed by atoms with Gasteiger partial charge in [0.25, 0.3) is 0 Å². The van der Waals surface area contributed by atoms with Gasteiger partial charge >= 0.3 is 0 Å². The van der Waals surface area contributed by atoms with Crippen LogP contribution in [-0.2, 0) is 16.0 Å². The highest BCUT2D eigenvalue weighted by atomic mass is 16.2. The number of hydrogen-bond acceptors (Lipinski definition) is 4. The van der Waals surface area contributed by atoms with E-state index in [1.807, 2.05) is 23.7 Å². The predicted octanol–water partition coefficient (Wildman–Crippen LogP) is 3.73. The average molecular weight is 415 g/mol. The van der Waals surface area contributed by atoms with E-state index in [-0.39, 0.29) is 23.9 Å². The summed E-state index contributed by atoms with van der Waals surface area (Å²) in [6.07, 6.45) is 5.57. The molecule has 1 aliphatic heterocycles. The maximum atomic E-state index is 11.7. The number of carbonyl (C=O) groups excluding carboxylic acids is 2. The minimum Gasteiger partial charge on any atom is -0.353 e. The second-order valence-electron chi connectivity index (χ2n) is 8.32. The number of aromatic nitrogens is 3. The maximum Gasteiger partial charge on any atom is 0.228 e. The van der Waals surface area contributed by atoms with Crippen LogP contribution in [0.3, 0.4) is 0 Å². The highest BCUT2D eigenvalue weighted by molar-refractivity contribution is 5.99. The van der Waals surface area contributed by atoms with E-state index in [9.17, 15) is 9.59 Å². The molecule has 1 aromatic heterocycles. The van der Waals surface area contributed by atoms with Gasteiger partial charge in [-0.3, -0.25) is 9.59 Å². The quantitative estimate of drug-likeness (QED) is 0.665. The van der Waals surface area contributed by atoms with E-state index in [0.29, 0.717) is 12.8 Å². The summed E-state index contributed by atoms with van der Waals surface area (Å²) >= 11 is 0. The number of carbonyl (C=O) groups is 2. The van der Waals surface area contributed by atoms with Gasteiger partial charge in [-0.15, -0.1) is 5.10 Å². The lowest BCUT2D eigenvalue weighted by molar-refractivity contribution is -0.121. The highest BCUT2D eigenvalue weighted by Gasteiger charge is 2.29. The standard InChI is InChI=1S/C24H25N5O2/c1-2-23(30)26-19-8-9-20(13-19)29-22(14-25-28-29)16-5-3-15(4-6-16)17-7-10-21-18(11-17)12-24(31)27-21/h3-7,10-11,14,19-20H,2,8-9,12-13H2,1H3,(H,26,30)(H,27,31)/t19-,20+/m0/s1. The number of nitrogens with zero attached hydrogens (tertiary/aromatic N) is 3. The van der Waals surface area contributed by atoms with Crippen molar-refractivity contribution in [3.8, 4) is 22.4 Å². The van der Waals surface area contributed by atoms with E-state index < -0.39 is 0 Å². The Kier molecular flexibility index (Phi) is 5.02. The number of amides is 2. The molecule has 7 nitrogen and oxygen atoms in total. The topological polar surface area (TPSA) is 88.9 Å². The molecule has 5 rings (SSSR count). The Bertz CT molecular complexity index is 1140. The Labute approximate surface area is 180 Å². The first-order valence-electron chi connectivity index (χ1n) is 10.8. The molecule has 1 fully saturated rings. The van der Waals surface area contributed by atoms with Crippen molar-refractivity contribution < 1.29 is 9.59 Å². The van der Waals surface area contributed by atoms with Crippen LogP contribution >= 0.6 is 0 Å². The van der Waals surface area contributed by atoms with Gasteiger partial charge in [0.15, 0.2) is 0 Å². The highest BCUT2D eigenvalue weighted by Crippen LogP contribution is 2.34.